The maximum Gasteiger partial charge on any atom is 0.330 e. The number of ether oxygens (including phenoxy) is 2. The van der Waals surface area contributed by atoms with Gasteiger partial charge < -0.3 is 9.47 Å². The maximum absolute atomic E-state index is 15.4. The highest BCUT2D eigenvalue weighted by atomic mass is 19.3. The first-order chi connectivity index (χ1) is 12.1. The molecule has 9 heteroatoms. The van der Waals surface area contributed by atoms with Gasteiger partial charge >= 0.3 is 17.9 Å². The molecule has 1 rings (SSSR count). The van der Waals surface area contributed by atoms with Crippen molar-refractivity contribution in [1.29, 1.82) is 0 Å². The van der Waals surface area contributed by atoms with Crippen molar-refractivity contribution in [2.45, 2.75) is 96.9 Å². The first-order valence-electron chi connectivity index (χ1n) is 9.02. The van der Waals surface area contributed by atoms with Gasteiger partial charge in [0.2, 0.25) is 11.1 Å². The van der Waals surface area contributed by atoms with Crippen LogP contribution in [0.3, 0.4) is 0 Å². The zero-order valence-corrected chi connectivity index (χ0v) is 17.5. The Balaban J connectivity index is 3.77. The quantitative estimate of drug-likeness (QED) is 0.366. The van der Waals surface area contributed by atoms with E-state index in [4.69, 9.17) is 9.47 Å². The Kier molecular flexibility index (Phi) is 6.01. The second-order valence-corrected chi connectivity index (χ2v) is 9.69. The monoisotopic (exact) mass is 416 g/mol. The summed E-state index contributed by atoms with van der Waals surface area (Å²) in [4.78, 5) is 25.6. The van der Waals surface area contributed by atoms with Crippen LogP contribution in [0, 0.1) is 11.3 Å². The fraction of sp³-hybridized carbons (Fsp3) is 0.895. The highest BCUT2D eigenvalue weighted by Crippen LogP contribution is 2.62. The van der Waals surface area contributed by atoms with Crippen molar-refractivity contribution in [2.24, 2.45) is 11.3 Å². The number of alkyl halides is 5. The van der Waals surface area contributed by atoms with Crippen molar-refractivity contribution in [1.82, 2.24) is 0 Å². The van der Waals surface area contributed by atoms with E-state index in [0.717, 1.165) is 0 Å². The molecule has 0 aromatic carbocycles. The molecule has 0 N–H and O–H groups in total. The van der Waals surface area contributed by atoms with E-state index in [1.807, 2.05) is 0 Å². The van der Waals surface area contributed by atoms with E-state index in [0.29, 0.717) is 0 Å². The number of halogens is 5. The summed E-state index contributed by atoms with van der Waals surface area (Å²) >= 11 is 0. The zero-order chi connectivity index (χ0) is 22.6. The van der Waals surface area contributed by atoms with Crippen LogP contribution in [0.5, 0.6) is 0 Å². The zero-order valence-electron chi connectivity index (χ0n) is 17.5. The van der Waals surface area contributed by atoms with Crippen LogP contribution >= 0.6 is 0 Å². The molecule has 4 nitrogen and oxygen atoms in total. The van der Waals surface area contributed by atoms with E-state index < -0.39 is 64.8 Å². The fourth-order valence-corrected chi connectivity index (χ4v) is 3.36. The van der Waals surface area contributed by atoms with Gasteiger partial charge in [0.1, 0.15) is 11.2 Å². The molecular weight excluding hydrogens is 387 g/mol. The van der Waals surface area contributed by atoms with E-state index in [-0.39, 0.29) is 6.92 Å². The first kappa shape index (κ1) is 24.6. The molecule has 0 aromatic rings. The molecule has 1 aliphatic carbocycles. The van der Waals surface area contributed by atoms with Gasteiger partial charge in [-0.3, -0.25) is 9.59 Å². The van der Waals surface area contributed by atoms with Crippen LogP contribution in [-0.4, -0.2) is 40.7 Å². The highest BCUT2D eigenvalue weighted by Gasteiger charge is 2.83. The van der Waals surface area contributed by atoms with E-state index in [2.05, 4.69) is 0 Å². The standard InChI is InChI=1S/C19H29F5O4/c1-11-9-17(12(25)27-14(2,3)4,13(26)28-15(5,6)7)19(23,24)18(22,10-11)16(8,20)21/h11H,9-10H2,1-8H3. The average molecular weight is 416 g/mol. The van der Waals surface area contributed by atoms with Crippen molar-refractivity contribution < 1.29 is 41.0 Å². The predicted molar refractivity (Wildman–Crippen MR) is 91.9 cm³/mol. The first-order valence-corrected chi connectivity index (χ1v) is 9.02. The summed E-state index contributed by atoms with van der Waals surface area (Å²) in [5.41, 5.74) is -10.6. The molecule has 1 fully saturated rings. The summed E-state index contributed by atoms with van der Waals surface area (Å²) in [5.74, 6) is -14.3. The lowest BCUT2D eigenvalue weighted by Gasteiger charge is -2.51. The molecule has 0 amide bonds. The second-order valence-electron chi connectivity index (χ2n) is 9.69. The molecule has 0 bridgehead atoms. The lowest BCUT2D eigenvalue weighted by Crippen LogP contribution is -2.72. The van der Waals surface area contributed by atoms with Crippen molar-refractivity contribution in [2.75, 3.05) is 0 Å². The van der Waals surface area contributed by atoms with Gasteiger partial charge in [0, 0.05) is 6.92 Å². The van der Waals surface area contributed by atoms with Gasteiger partial charge in [0.15, 0.2) is 0 Å². The molecule has 0 aromatic heterocycles. The minimum atomic E-state index is -5.07. The van der Waals surface area contributed by atoms with Crippen LogP contribution in [0.15, 0.2) is 0 Å². The van der Waals surface area contributed by atoms with Gasteiger partial charge in [-0.25, -0.2) is 22.0 Å². The van der Waals surface area contributed by atoms with Gasteiger partial charge in [-0.1, -0.05) is 6.92 Å². The van der Waals surface area contributed by atoms with E-state index in [9.17, 15) is 18.4 Å². The van der Waals surface area contributed by atoms with Crippen LogP contribution in [0.25, 0.3) is 0 Å². The molecule has 0 heterocycles. The molecule has 2 atom stereocenters. The van der Waals surface area contributed by atoms with E-state index >= 15 is 13.2 Å². The molecule has 0 radical (unpaired) electrons. The molecule has 2 unspecified atom stereocenters. The van der Waals surface area contributed by atoms with E-state index in [1.54, 1.807) is 0 Å². The van der Waals surface area contributed by atoms with Gasteiger partial charge in [0.05, 0.1) is 0 Å². The van der Waals surface area contributed by atoms with Crippen LogP contribution in [0.1, 0.15) is 68.2 Å². The summed E-state index contributed by atoms with van der Waals surface area (Å²) in [5, 5.41) is 0. The molecule has 0 saturated heterocycles. The Morgan fingerprint density at radius 1 is 0.821 bits per heavy atom. The third kappa shape index (κ3) is 4.13. The van der Waals surface area contributed by atoms with Gasteiger partial charge in [-0.2, -0.15) is 0 Å². The Morgan fingerprint density at radius 2 is 1.18 bits per heavy atom. The minimum Gasteiger partial charge on any atom is -0.459 e. The number of rotatable bonds is 3. The second kappa shape index (κ2) is 6.83. The van der Waals surface area contributed by atoms with Crippen molar-refractivity contribution in [3.8, 4) is 0 Å². The van der Waals surface area contributed by atoms with Crippen LogP contribution in [-0.2, 0) is 19.1 Å². The average Bonchev–Trinajstić information content (AvgIpc) is 2.37. The van der Waals surface area contributed by atoms with Crippen molar-refractivity contribution in [3.05, 3.63) is 0 Å². The molecule has 0 spiro atoms. The van der Waals surface area contributed by atoms with Crippen LogP contribution < -0.4 is 0 Å². The van der Waals surface area contributed by atoms with Crippen molar-refractivity contribution >= 4 is 11.9 Å². The Hall–Kier alpha value is -1.41. The number of esters is 2. The third-order valence-electron chi connectivity index (χ3n) is 4.51. The summed E-state index contributed by atoms with van der Waals surface area (Å²) in [6, 6.07) is 0. The van der Waals surface area contributed by atoms with Crippen molar-refractivity contribution in [3.63, 3.8) is 0 Å². The topological polar surface area (TPSA) is 52.6 Å². The Morgan fingerprint density at radius 3 is 1.46 bits per heavy atom. The number of carbonyl (C=O) groups is 2. The largest absolute Gasteiger partial charge is 0.459 e. The molecule has 164 valence electrons. The molecule has 1 aliphatic rings. The number of hydrogen-bond acceptors (Lipinski definition) is 4. The van der Waals surface area contributed by atoms with Crippen LogP contribution in [0.4, 0.5) is 22.0 Å². The Labute approximate surface area is 162 Å². The molecule has 28 heavy (non-hydrogen) atoms. The Bertz CT molecular complexity index is 600. The number of hydrogen-bond donors (Lipinski definition) is 0. The lowest BCUT2D eigenvalue weighted by atomic mass is 9.59. The van der Waals surface area contributed by atoms with Crippen LogP contribution in [0.2, 0.25) is 0 Å². The predicted octanol–water partition coefficient (Wildman–Crippen LogP) is 5.08. The summed E-state index contributed by atoms with van der Waals surface area (Å²) in [6.45, 7) is 9.37. The highest BCUT2D eigenvalue weighted by molar-refractivity contribution is 6.02. The minimum absolute atomic E-state index is 0.00783. The molecular formula is C19H29F5O4. The third-order valence-corrected chi connectivity index (χ3v) is 4.51. The maximum atomic E-state index is 15.4. The van der Waals surface area contributed by atoms with Gasteiger partial charge in [0.25, 0.3) is 5.92 Å². The molecule has 1 saturated carbocycles. The van der Waals surface area contributed by atoms with Gasteiger partial charge in [-0.05, 0) is 60.3 Å². The normalized spacial score (nSPS) is 27.8. The summed E-state index contributed by atoms with van der Waals surface area (Å²) in [6.07, 6.45) is -2.11. The molecule has 0 aliphatic heterocycles. The van der Waals surface area contributed by atoms with Gasteiger partial charge in [-0.15, -0.1) is 0 Å². The SMILES string of the molecule is CC1CC(C(=O)OC(C)(C)C)(C(=O)OC(C)(C)C)C(F)(F)C(F)(C(C)(F)F)C1. The summed E-state index contributed by atoms with van der Waals surface area (Å²) < 4.78 is 84.2. The lowest BCUT2D eigenvalue weighted by molar-refractivity contribution is -0.309. The van der Waals surface area contributed by atoms with E-state index in [1.165, 1.54) is 48.5 Å². The number of carbonyl (C=O) groups excluding carboxylic acids is 2. The summed E-state index contributed by atoms with van der Waals surface area (Å²) in [7, 11) is 0. The fourth-order valence-electron chi connectivity index (χ4n) is 3.36. The smallest absolute Gasteiger partial charge is 0.330 e.